The molecule has 8 heteroatoms. The van der Waals surface area contributed by atoms with Crippen LogP contribution in [0.3, 0.4) is 0 Å². The molecule has 1 aliphatic rings. The van der Waals surface area contributed by atoms with Crippen molar-refractivity contribution in [3.8, 4) is 5.88 Å². The summed E-state index contributed by atoms with van der Waals surface area (Å²) in [6.07, 6.45) is 2.48. The molecule has 2 heterocycles. The lowest BCUT2D eigenvalue weighted by Gasteiger charge is -2.32. The Balaban J connectivity index is 1.55. The van der Waals surface area contributed by atoms with Gasteiger partial charge in [0.15, 0.2) is 0 Å². The molecule has 0 radical (unpaired) electrons. The van der Waals surface area contributed by atoms with Crippen LogP contribution in [0.25, 0.3) is 0 Å². The maximum Gasteiger partial charge on any atom is 0.254 e. The van der Waals surface area contributed by atoms with Gasteiger partial charge >= 0.3 is 0 Å². The lowest BCUT2D eigenvalue weighted by molar-refractivity contribution is 0.0587. The lowest BCUT2D eigenvalue weighted by Crippen LogP contribution is -2.41. The molecular weight excluding hydrogens is 368 g/mol. The number of pyridine rings is 1. The average Bonchev–Trinajstić information content (AvgIpc) is 2.67. The highest BCUT2D eigenvalue weighted by Gasteiger charge is 2.25. The van der Waals surface area contributed by atoms with E-state index in [0.717, 1.165) is 18.2 Å². The summed E-state index contributed by atoms with van der Waals surface area (Å²) in [6.45, 7) is 0.831. The zero-order valence-electron chi connectivity index (χ0n) is 15.7. The van der Waals surface area contributed by atoms with Crippen LogP contribution in [0.1, 0.15) is 33.6 Å². The molecule has 28 heavy (non-hydrogen) atoms. The molecule has 1 aliphatic heterocycles. The summed E-state index contributed by atoms with van der Waals surface area (Å²) in [5.41, 5.74) is 0.472. The van der Waals surface area contributed by atoms with Gasteiger partial charge in [0.05, 0.1) is 5.56 Å². The first-order chi connectivity index (χ1) is 13.3. The molecule has 1 aromatic carbocycles. The molecule has 0 saturated carbocycles. The molecule has 3 rings (SSSR count). The molecular formula is C20H21F2N3O3. The summed E-state index contributed by atoms with van der Waals surface area (Å²) in [5, 5.41) is 0. The van der Waals surface area contributed by atoms with Gasteiger partial charge in [0.2, 0.25) is 5.88 Å². The van der Waals surface area contributed by atoms with Gasteiger partial charge in [-0.15, -0.1) is 0 Å². The van der Waals surface area contributed by atoms with Crippen LogP contribution in [0.15, 0.2) is 36.5 Å². The number of amides is 2. The van der Waals surface area contributed by atoms with E-state index in [1.165, 1.54) is 11.1 Å². The number of nitrogens with zero attached hydrogens (tertiary/aromatic N) is 3. The second kappa shape index (κ2) is 8.33. The Morgan fingerprint density at radius 1 is 1.07 bits per heavy atom. The number of carbonyl (C=O) groups is 2. The number of piperidine rings is 1. The van der Waals surface area contributed by atoms with Gasteiger partial charge in [-0.3, -0.25) is 9.59 Å². The third kappa shape index (κ3) is 4.62. The molecule has 1 saturated heterocycles. The van der Waals surface area contributed by atoms with Gasteiger partial charge in [0, 0.05) is 63.9 Å². The number of ether oxygens (including phenoxy) is 1. The first kappa shape index (κ1) is 19.7. The molecule has 0 aliphatic carbocycles. The quantitative estimate of drug-likeness (QED) is 0.807. The van der Waals surface area contributed by atoms with Crippen molar-refractivity contribution < 1.29 is 23.1 Å². The lowest BCUT2D eigenvalue weighted by atomic mass is 10.1. The molecule has 2 aromatic rings. The van der Waals surface area contributed by atoms with Crippen LogP contribution in [0.5, 0.6) is 5.88 Å². The zero-order valence-corrected chi connectivity index (χ0v) is 15.7. The van der Waals surface area contributed by atoms with Gasteiger partial charge in [-0.2, -0.15) is 0 Å². The van der Waals surface area contributed by atoms with E-state index in [-0.39, 0.29) is 17.6 Å². The van der Waals surface area contributed by atoms with E-state index in [1.54, 1.807) is 31.1 Å². The number of benzene rings is 1. The Labute approximate surface area is 161 Å². The second-order valence-corrected chi connectivity index (χ2v) is 6.85. The fraction of sp³-hybridized carbons (Fsp3) is 0.350. The first-order valence-electron chi connectivity index (χ1n) is 8.93. The molecule has 0 N–H and O–H groups in total. The third-order valence-electron chi connectivity index (χ3n) is 4.52. The first-order valence-corrected chi connectivity index (χ1v) is 8.93. The van der Waals surface area contributed by atoms with E-state index < -0.39 is 17.5 Å². The predicted octanol–water partition coefficient (Wildman–Crippen LogP) is 2.75. The molecule has 0 bridgehead atoms. The van der Waals surface area contributed by atoms with E-state index in [1.807, 2.05) is 0 Å². The van der Waals surface area contributed by atoms with Crippen LogP contribution >= 0.6 is 0 Å². The van der Waals surface area contributed by atoms with Crippen molar-refractivity contribution in [1.29, 1.82) is 0 Å². The van der Waals surface area contributed by atoms with Gasteiger partial charge in [-0.25, -0.2) is 13.8 Å². The number of carbonyl (C=O) groups excluding carboxylic acids is 2. The standard InChI is InChI=1S/C20H21F2N3O3/c1-24(2)19(26)13-3-4-18(23-12-13)28-17-5-7-25(8-6-17)20(27)14-9-15(21)11-16(22)10-14/h3-4,9-12,17H,5-8H2,1-2H3. The highest BCUT2D eigenvalue weighted by Crippen LogP contribution is 2.20. The van der Waals surface area contributed by atoms with Gasteiger partial charge < -0.3 is 14.5 Å². The summed E-state index contributed by atoms with van der Waals surface area (Å²) in [5.74, 6) is -1.68. The SMILES string of the molecule is CN(C)C(=O)c1ccc(OC2CCN(C(=O)c3cc(F)cc(F)c3)CC2)nc1. The van der Waals surface area contributed by atoms with Crippen LogP contribution in [0, 0.1) is 11.6 Å². The van der Waals surface area contributed by atoms with Crippen molar-refractivity contribution in [3.05, 3.63) is 59.3 Å². The highest BCUT2D eigenvalue weighted by molar-refractivity contribution is 5.94. The van der Waals surface area contributed by atoms with Crippen molar-refractivity contribution in [2.45, 2.75) is 18.9 Å². The number of halogens is 2. The zero-order chi connectivity index (χ0) is 20.3. The van der Waals surface area contributed by atoms with Gasteiger partial charge in [0.1, 0.15) is 17.7 Å². The summed E-state index contributed by atoms with van der Waals surface area (Å²) >= 11 is 0. The molecule has 6 nitrogen and oxygen atoms in total. The van der Waals surface area contributed by atoms with Crippen LogP contribution in [0.2, 0.25) is 0 Å². The van der Waals surface area contributed by atoms with Crippen molar-refractivity contribution in [2.75, 3.05) is 27.2 Å². The van der Waals surface area contributed by atoms with Crippen molar-refractivity contribution >= 4 is 11.8 Å². The maximum atomic E-state index is 13.3. The smallest absolute Gasteiger partial charge is 0.254 e. The molecule has 2 amide bonds. The second-order valence-electron chi connectivity index (χ2n) is 6.85. The van der Waals surface area contributed by atoms with Crippen molar-refractivity contribution in [1.82, 2.24) is 14.8 Å². The summed E-state index contributed by atoms with van der Waals surface area (Å²) in [4.78, 5) is 31.5. The van der Waals surface area contributed by atoms with Gasteiger partial charge in [-0.05, 0) is 18.2 Å². The summed E-state index contributed by atoms with van der Waals surface area (Å²) in [7, 11) is 3.33. The normalized spacial score (nSPS) is 14.6. The van der Waals surface area contributed by atoms with E-state index in [9.17, 15) is 18.4 Å². The number of likely N-dealkylation sites (tertiary alicyclic amines) is 1. The molecule has 0 unspecified atom stereocenters. The number of aromatic nitrogens is 1. The number of hydrogen-bond acceptors (Lipinski definition) is 4. The Morgan fingerprint density at radius 3 is 2.25 bits per heavy atom. The summed E-state index contributed by atoms with van der Waals surface area (Å²) in [6, 6.07) is 6.11. The number of hydrogen-bond donors (Lipinski definition) is 0. The fourth-order valence-electron chi connectivity index (χ4n) is 3.04. The van der Waals surface area contributed by atoms with E-state index >= 15 is 0 Å². The molecule has 1 fully saturated rings. The maximum absolute atomic E-state index is 13.3. The summed E-state index contributed by atoms with van der Waals surface area (Å²) < 4.78 is 32.5. The minimum absolute atomic E-state index is 0.000293. The minimum Gasteiger partial charge on any atom is -0.474 e. The van der Waals surface area contributed by atoms with Crippen LogP contribution in [-0.2, 0) is 0 Å². The van der Waals surface area contributed by atoms with Crippen LogP contribution < -0.4 is 4.74 Å². The van der Waals surface area contributed by atoms with Crippen molar-refractivity contribution in [2.24, 2.45) is 0 Å². The van der Waals surface area contributed by atoms with E-state index in [2.05, 4.69) is 4.98 Å². The minimum atomic E-state index is -0.774. The fourth-order valence-corrected chi connectivity index (χ4v) is 3.04. The van der Waals surface area contributed by atoms with Crippen molar-refractivity contribution in [3.63, 3.8) is 0 Å². The number of rotatable bonds is 4. The molecule has 0 atom stereocenters. The average molecular weight is 389 g/mol. The molecule has 0 spiro atoms. The molecule has 1 aromatic heterocycles. The van der Waals surface area contributed by atoms with E-state index in [0.29, 0.717) is 37.4 Å². The Hall–Kier alpha value is -3.03. The monoisotopic (exact) mass is 389 g/mol. The topological polar surface area (TPSA) is 62.7 Å². The third-order valence-corrected chi connectivity index (χ3v) is 4.52. The van der Waals surface area contributed by atoms with Crippen LogP contribution in [-0.4, -0.2) is 59.9 Å². The largest absolute Gasteiger partial charge is 0.474 e. The molecule has 148 valence electrons. The van der Waals surface area contributed by atoms with Crippen LogP contribution in [0.4, 0.5) is 8.78 Å². The Bertz CT molecular complexity index is 843. The van der Waals surface area contributed by atoms with Gasteiger partial charge in [-0.1, -0.05) is 0 Å². The Kier molecular flexibility index (Phi) is 5.87. The predicted molar refractivity (Wildman–Crippen MR) is 98.2 cm³/mol. The highest BCUT2D eigenvalue weighted by atomic mass is 19.1. The van der Waals surface area contributed by atoms with E-state index in [4.69, 9.17) is 4.74 Å². The van der Waals surface area contributed by atoms with Gasteiger partial charge in [0.25, 0.3) is 11.8 Å². The Morgan fingerprint density at radius 2 is 1.71 bits per heavy atom.